The zero-order valence-corrected chi connectivity index (χ0v) is 17.2. The van der Waals surface area contributed by atoms with E-state index in [0.29, 0.717) is 25.3 Å². The van der Waals surface area contributed by atoms with Gasteiger partial charge in [0, 0.05) is 37.8 Å². The van der Waals surface area contributed by atoms with Crippen LogP contribution in [0.2, 0.25) is 0 Å². The standard InChI is InChI=1S/C24H28N4O2/c29-21(17-20-5-3-4-12-25-20)9-8-19-10-13-27(14-11-19)15-16-28-23-7-2-1-6-22(23)26-18-24(28)30/h1-7,12,18-19H,8-11,13-17H2. The topological polar surface area (TPSA) is 68.1 Å². The minimum atomic E-state index is -0.0463. The number of aromatic nitrogens is 3. The molecule has 3 aromatic rings. The fourth-order valence-electron chi connectivity index (χ4n) is 4.24. The molecule has 2 aromatic heterocycles. The van der Waals surface area contributed by atoms with Crippen LogP contribution in [0.4, 0.5) is 0 Å². The summed E-state index contributed by atoms with van der Waals surface area (Å²) in [4.78, 5) is 35.4. The third-order valence-electron chi connectivity index (χ3n) is 6.04. The molecule has 0 N–H and O–H groups in total. The van der Waals surface area contributed by atoms with Gasteiger partial charge in [-0.25, -0.2) is 4.98 Å². The normalized spacial score (nSPS) is 15.5. The first kappa shape index (κ1) is 20.4. The Morgan fingerprint density at radius 3 is 2.60 bits per heavy atom. The van der Waals surface area contributed by atoms with Gasteiger partial charge in [0.1, 0.15) is 5.78 Å². The Kier molecular flexibility index (Phi) is 6.64. The van der Waals surface area contributed by atoms with Gasteiger partial charge in [-0.15, -0.1) is 0 Å². The van der Waals surface area contributed by atoms with Crippen molar-refractivity contribution in [1.29, 1.82) is 0 Å². The quantitative estimate of drug-likeness (QED) is 0.577. The van der Waals surface area contributed by atoms with Crippen molar-refractivity contribution < 1.29 is 4.79 Å². The van der Waals surface area contributed by atoms with Gasteiger partial charge in [-0.3, -0.25) is 14.6 Å². The molecule has 30 heavy (non-hydrogen) atoms. The lowest BCUT2D eigenvalue weighted by Gasteiger charge is -2.32. The molecule has 3 heterocycles. The van der Waals surface area contributed by atoms with Crippen LogP contribution in [0.15, 0.2) is 59.7 Å². The van der Waals surface area contributed by atoms with Gasteiger partial charge in [-0.05, 0) is 62.5 Å². The predicted molar refractivity (Wildman–Crippen MR) is 117 cm³/mol. The van der Waals surface area contributed by atoms with Gasteiger partial charge in [0.25, 0.3) is 5.56 Å². The van der Waals surface area contributed by atoms with Gasteiger partial charge in [0.05, 0.1) is 17.2 Å². The number of rotatable bonds is 8. The number of Topliss-reactive ketones (excluding diaryl/α,β-unsaturated/α-hetero) is 1. The second-order valence-corrected chi connectivity index (χ2v) is 8.10. The van der Waals surface area contributed by atoms with Gasteiger partial charge in [-0.1, -0.05) is 18.2 Å². The molecule has 0 saturated carbocycles. The Labute approximate surface area is 176 Å². The molecular weight excluding hydrogens is 376 g/mol. The first-order valence-corrected chi connectivity index (χ1v) is 10.8. The van der Waals surface area contributed by atoms with Crippen molar-refractivity contribution in [3.05, 3.63) is 70.9 Å². The molecule has 1 aliphatic rings. The van der Waals surface area contributed by atoms with Crippen molar-refractivity contribution in [3.8, 4) is 0 Å². The number of likely N-dealkylation sites (tertiary alicyclic amines) is 1. The van der Waals surface area contributed by atoms with Crippen molar-refractivity contribution in [2.45, 2.75) is 38.6 Å². The maximum absolute atomic E-state index is 12.3. The summed E-state index contributed by atoms with van der Waals surface area (Å²) in [6.07, 6.45) is 7.42. The molecule has 1 saturated heterocycles. The number of para-hydroxylation sites is 2. The van der Waals surface area contributed by atoms with Crippen LogP contribution >= 0.6 is 0 Å². The Morgan fingerprint density at radius 2 is 1.80 bits per heavy atom. The first-order chi connectivity index (χ1) is 14.7. The number of piperidine rings is 1. The highest BCUT2D eigenvalue weighted by molar-refractivity contribution is 5.80. The number of carbonyl (C=O) groups is 1. The van der Waals surface area contributed by atoms with Gasteiger partial charge in [-0.2, -0.15) is 0 Å². The summed E-state index contributed by atoms with van der Waals surface area (Å²) >= 11 is 0. The molecular formula is C24H28N4O2. The lowest BCUT2D eigenvalue weighted by molar-refractivity contribution is -0.118. The van der Waals surface area contributed by atoms with E-state index in [0.717, 1.165) is 55.6 Å². The van der Waals surface area contributed by atoms with Crippen LogP contribution in [-0.4, -0.2) is 44.9 Å². The molecule has 0 unspecified atom stereocenters. The van der Waals surface area contributed by atoms with Crippen molar-refractivity contribution in [1.82, 2.24) is 19.4 Å². The molecule has 0 radical (unpaired) electrons. The SMILES string of the molecule is O=C(CCC1CCN(CCn2c(=O)cnc3ccccc32)CC1)Cc1ccccn1. The van der Waals surface area contributed by atoms with Crippen molar-refractivity contribution in [2.75, 3.05) is 19.6 Å². The van der Waals surface area contributed by atoms with E-state index in [1.165, 1.54) is 6.20 Å². The maximum atomic E-state index is 12.3. The molecule has 1 aromatic carbocycles. The summed E-state index contributed by atoms with van der Waals surface area (Å²) in [5.74, 6) is 0.887. The molecule has 0 aliphatic carbocycles. The van der Waals surface area contributed by atoms with Crippen LogP contribution in [0.3, 0.4) is 0 Å². The molecule has 1 aliphatic heterocycles. The van der Waals surface area contributed by atoms with Crippen molar-refractivity contribution in [3.63, 3.8) is 0 Å². The molecule has 1 fully saturated rings. The molecule has 4 rings (SSSR count). The third kappa shape index (κ3) is 5.19. The molecule has 156 valence electrons. The molecule has 6 heteroatoms. The fourth-order valence-corrected chi connectivity index (χ4v) is 4.24. The Hall–Kier alpha value is -2.86. The van der Waals surface area contributed by atoms with E-state index in [1.54, 1.807) is 6.20 Å². The zero-order chi connectivity index (χ0) is 20.8. The van der Waals surface area contributed by atoms with Crippen LogP contribution in [0, 0.1) is 5.92 Å². The first-order valence-electron chi connectivity index (χ1n) is 10.8. The number of hydrogen-bond donors (Lipinski definition) is 0. The van der Waals surface area contributed by atoms with Crippen LogP contribution in [-0.2, 0) is 17.8 Å². The largest absolute Gasteiger partial charge is 0.304 e. The van der Waals surface area contributed by atoms with Crippen LogP contribution in [0.5, 0.6) is 0 Å². The highest BCUT2D eigenvalue weighted by atomic mass is 16.1. The van der Waals surface area contributed by atoms with Crippen LogP contribution in [0.25, 0.3) is 11.0 Å². The molecule has 0 atom stereocenters. The molecule has 0 spiro atoms. The monoisotopic (exact) mass is 404 g/mol. The Morgan fingerprint density at radius 1 is 1.00 bits per heavy atom. The fraction of sp³-hybridized carbons (Fsp3) is 0.417. The summed E-state index contributed by atoms with van der Waals surface area (Å²) in [5.41, 5.74) is 2.56. The number of carbonyl (C=O) groups excluding carboxylic acids is 1. The predicted octanol–water partition coefficient (Wildman–Crippen LogP) is 3.10. The lowest BCUT2D eigenvalue weighted by Crippen LogP contribution is -2.37. The lowest BCUT2D eigenvalue weighted by atomic mass is 9.91. The smallest absolute Gasteiger partial charge is 0.269 e. The summed E-state index contributed by atoms with van der Waals surface area (Å²) < 4.78 is 1.82. The van der Waals surface area contributed by atoms with E-state index in [2.05, 4.69) is 14.9 Å². The Bertz CT molecular complexity index is 1040. The van der Waals surface area contributed by atoms with E-state index >= 15 is 0 Å². The number of pyridine rings is 1. The number of ketones is 1. The van der Waals surface area contributed by atoms with Gasteiger partial charge >= 0.3 is 0 Å². The molecule has 0 bridgehead atoms. The minimum absolute atomic E-state index is 0.0463. The second kappa shape index (κ2) is 9.76. The van der Waals surface area contributed by atoms with Crippen LogP contribution < -0.4 is 5.56 Å². The third-order valence-corrected chi connectivity index (χ3v) is 6.04. The summed E-state index contributed by atoms with van der Waals surface area (Å²) in [6, 6.07) is 13.5. The van der Waals surface area contributed by atoms with Crippen molar-refractivity contribution >= 4 is 16.8 Å². The summed E-state index contributed by atoms with van der Waals surface area (Å²) in [7, 11) is 0. The second-order valence-electron chi connectivity index (χ2n) is 8.10. The van der Waals surface area contributed by atoms with E-state index in [9.17, 15) is 9.59 Å². The van der Waals surface area contributed by atoms with Gasteiger partial charge in [0.15, 0.2) is 0 Å². The van der Waals surface area contributed by atoms with E-state index in [1.807, 2.05) is 47.0 Å². The van der Waals surface area contributed by atoms with Gasteiger partial charge < -0.3 is 9.47 Å². The summed E-state index contributed by atoms with van der Waals surface area (Å²) in [6.45, 7) is 3.59. The van der Waals surface area contributed by atoms with E-state index in [4.69, 9.17) is 0 Å². The zero-order valence-electron chi connectivity index (χ0n) is 17.2. The average molecular weight is 405 g/mol. The minimum Gasteiger partial charge on any atom is -0.304 e. The number of nitrogens with zero attached hydrogens (tertiary/aromatic N) is 4. The highest BCUT2D eigenvalue weighted by Gasteiger charge is 2.20. The van der Waals surface area contributed by atoms with E-state index < -0.39 is 0 Å². The van der Waals surface area contributed by atoms with Crippen molar-refractivity contribution in [2.24, 2.45) is 5.92 Å². The number of fused-ring (bicyclic) bond motifs is 1. The number of benzene rings is 1. The maximum Gasteiger partial charge on any atom is 0.269 e. The summed E-state index contributed by atoms with van der Waals surface area (Å²) in [5, 5.41) is 0. The molecule has 0 amide bonds. The van der Waals surface area contributed by atoms with E-state index in [-0.39, 0.29) is 11.3 Å². The number of hydrogen-bond acceptors (Lipinski definition) is 5. The van der Waals surface area contributed by atoms with Crippen LogP contribution in [0.1, 0.15) is 31.4 Å². The highest BCUT2D eigenvalue weighted by Crippen LogP contribution is 2.22. The Balaban J connectivity index is 1.22. The van der Waals surface area contributed by atoms with Gasteiger partial charge in [0.2, 0.25) is 0 Å². The average Bonchev–Trinajstić information content (AvgIpc) is 2.78. The molecule has 6 nitrogen and oxygen atoms in total.